The van der Waals surface area contributed by atoms with Crippen molar-refractivity contribution in [1.82, 2.24) is 9.97 Å². The van der Waals surface area contributed by atoms with Crippen molar-refractivity contribution >= 4 is 6.21 Å². The molecule has 0 atom stereocenters. The van der Waals surface area contributed by atoms with E-state index in [1.807, 2.05) is 6.92 Å². The molecular formula is C7H9N3. The van der Waals surface area contributed by atoms with Gasteiger partial charge in [-0.25, -0.2) is 9.97 Å². The summed E-state index contributed by atoms with van der Waals surface area (Å²) in [4.78, 5) is 8.01. The summed E-state index contributed by atoms with van der Waals surface area (Å²) in [5.74, 6) is 0.709. The molecule has 0 aliphatic rings. The van der Waals surface area contributed by atoms with Crippen LogP contribution in [0.25, 0.3) is 0 Å². The second-order valence-electron chi connectivity index (χ2n) is 2.08. The Kier molecular flexibility index (Phi) is 2.10. The predicted octanol–water partition coefficient (Wildman–Crippen LogP) is 0.977. The lowest BCUT2D eigenvalue weighted by Crippen LogP contribution is -1.94. The molecule has 1 aromatic rings. The van der Waals surface area contributed by atoms with Crippen LogP contribution < -0.4 is 0 Å². The van der Waals surface area contributed by atoms with Crippen LogP contribution in [0.5, 0.6) is 0 Å². The maximum atomic E-state index is 6.79. The minimum Gasteiger partial charge on any atom is -0.313 e. The quantitative estimate of drug-likeness (QED) is 0.614. The van der Waals surface area contributed by atoms with Gasteiger partial charge in [0.25, 0.3) is 0 Å². The smallest absolute Gasteiger partial charge is 0.133 e. The average Bonchev–Trinajstić information content (AvgIpc) is 1.95. The largest absolute Gasteiger partial charge is 0.313 e. The highest BCUT2D eigenvalue weighted by atomic mass is 14.9. The van der Waals surface area contributed by atoms with Gasteiger partial charge in [-0.1, -0.05) is 0 Å². The van der Waals surface area contributed by atoms with Crippen molar-refractivity contribution in [1.29, 1.82) is 5.41 Å². The molecule has 0 fully saturated rings. The van der Waals surface area contributed by atoms with Gasteiger partial charge in [0.05, 0.1) is 0 Å². The van der Waals surface area contributed by atoms with Gasteiger partial charge in [-0.2, -0.15) is 0 Å². The number of rotatable bonds is 2. The lowest BCUT2D eigenvalue weighted by Gasteiger charge is -1.92. The Morgan fingerprint density at radius 2 is 2.10 bits per heavy atom. The Labute approximate surface area is 59.7 Å². The van der Waals surface area contributed by atoms with Crippen molar-refractivity contribution in [3.8, 4) is 0 Å². The van der Waals surface area contributed by atoms with Gasteiger partial charge in [0.15, 0.2) is 0 Å². The first kappa shape index (κ1) is 6.86. The molecule has 0 amide bonds. The average molecular weight is 135 g/mol. The standard InChI is InChI=1S/C7H9N3/c1-6-4-9-7(2-3-8)10-5-6/h3-5,8H,2H2,1H3. The summed E-state index contributed by atoms with van der Waals surface area (Å²) in [6.45, 7) is 1.94. The van der Waals surface area contributed by atoms with Crippen molar-refractivity contribution in [3.05, 3.63) is 23.8 Å². The van der Waals surface area contributed by atoms with Gasteiger partial charge in [0.2, 0.25) is 0 Å². The summed E-state index contributed by atoms with van der Waals surface area (Å²) in [5.41, 5.74) is 1.05. The molecule has 3 heteroatoms. The molecule has 0 saturated heterocycles. The lowest BCUT2D eigenvalue weighted by atomic mass is 10.4. The molecule has 3 nitrogen and oxygen atoms in total. The predicted molar refractivity (Wildman–Crippen MR) is 39.3 cm³/mol. The first-order valence-corrected chi connectivity index (χ1v) is 3.09. The van der Waals surface area contributed by atoms with E-state index in [0.29, 0.717) is 12.2 Å². The monoisotopic (exact) mass is 135 g/mol. The molecule has 52 valence electrons. The summed E-state index contributed by atoms with van der Waals surface area (Å²) in [7, 11) is 0. The van der Waals surface area contributed by atoms with Crippen molar-refractivity contribution in [3.63, 3.8) is 0 Å². The third kappa shape index (κ3) is 1.62. The molecule has 0 radical (unpaired) electrons. The van der Waals surface area contributed by atoms with E-state index < -0.39 is 0 Å². The summed E-state index contributed by atoms with van der Waals surface area (Å²) in [6, 6.07) is 0. The molecule has 0 spiro atoms. The van der Waals surface area contributed by atoms with E-state index in [-0.39, 0.29) is 0 Å². The van der Waals surface area contributed by atoms with Crippen LogP contribution in [0.15, 0.2) is 12.4 Å². The Morgan fingerprint density at radius 3 is 2.60 bits per heavy atom. The molecular weight excluding hydrogens is 126 g/mol. The maximum absolute atomic E-state index is 6.79. The Bertz CT molecular complexity index is 215. The van der Waals surface area contributed by atoms with Crippen LogP contribution in [0.3, 0.4) is 0 Å². The topological polar surface area (TPSA) is 49.6 Å². The first-order chi connectivity index (χ1) is 4.83. The molecule has 1 heterocycles. The van der Waals surface area contributed by atoms with Crippen molar-refractivity contribution in [2.24, 2.45) is 0 Å². The van der Waals surface area contributed by atoms with Crippen LogP contribution in [0.1, 0.15) is 11.4 Å². The molecule has 0 aliphatic heterocycles. The molecule has 0 aromatic carbocycles. The Hall–Kier alpha value is -1.25. The number of hydrogen-bond acceptors (Lipinski definition) is 3. The molecule has 0 bridgehead atoms. The highest BCUT2D eigenvalue weighted by Gasteiger charge is 1.90. The second-order valence-corrected chi connectivity index (χ2v) is 2.08. The van der Waals surface area contributed by atoms with Crippen LogP contribution in [-0.2, 0) is 6.42 Å². The van der Waals surface area contributed by atoms with Crippen molar-refractivity contribution in [2.45, 2.75) is 13.3 Å². The van der Waals surface area contributed by atoms with E-state index >= 15 is 0 Å². The molecule has 1 rings (SSSR count). The Balaban J connectivity index is 2.78. The van der Waals surface area contributed by atoms with E-state index in [9.17, 15) is 0 Å². The normalized spacial score (nSPS) is 9.30. The van der Waals surface area contributed by atoms with Gasteiger partial charge in [0.1, 0.15) is 5.82 Å². The number of aryl methyl sites for hydroxylation is 1. The van der Waals surface area contributed by atoms with E-state index in [2.05, 4.69) is 9.97 Å². The molecule has 0 unspecified atom stereocenters. The number of hydrogen-bond donors (Lipinski definition) is 1. The molecule has 1 N–H and O–H groups in total. The first-order valence-electron chi connectivity index (χ1n) is 3.09. The van der Waals surface area contributed by atoms with Crippen LogP contribution in [-0.4, -0.2) is 16.2 Å². The summed E-state index contributed by atoms with van der Waals surface area (Å²) in [5, 5.41) is 6.79. The van der Waals surface area contributed by atoms with Crippen LogP contribution >= 0.6 is 0 Å². The molecule has 1 aromatic heterocycles. The molecule has 10 heavy (non-hydrogen) atoms. The number of aromatic nitrogens is 2. The third-order valence-corrected chi connectivity index (χ3v) is 1.12. The van der Waals surface area contributed by atoms with Gasteiger partial charge in [-0.05, 0) is 12.5 Å². The fraction of sp³-hybridized carbons (Fsp3) is 0.286. The van der Waals surface area contributed by atoms with Crippen molar-refractivity contribution < 1.29 is 0 Å². The Morgan fingerprint density at radius 1 is 1.50 bits per heavy atom. The minimum absolute atomic E-state index is 0.528. The van der Waals surface area contributed by atoms with E-state index in [4.69, 9.17) is 5.41 Å². The SMILES string of the molecule is Cc1cnc(CC=N)nc1. The van der Waals surface area contributed by atoms with Gasteiger partial charge in [0, 0.05) is 25.0 Å². The second kappa shape index (κ2) is 3.06. The van der Waals surface area contributed by atoms with Crippen molar-refractivity contribution in [2.75, 3.05) is 0 Å². The zero-order valence-electron chi connectivity index (χ0n) is 5.83. The van der Waals surface area contributed by atoms with Gasteiger partial charge in [-0.15, -0.1) is 0 Å². The lowest BCUT2D eigenvalue weighted by molar-refractivity contribution is 0.997. The summed E-state index contributed by atoms with van der Waals surface area (Å²) < 4.78 is 0. The number of nitrogens with zero attached hydrogens (tertiary/aromatic N) is 2. The van der Waals surface area contributed by atoms with Crippen LogP contribution in [0.4, 0.5) is 0 Å². The summed E-state index contributed by atoms with van der Waals surface area (Å²) in [6.07, 6.45) is 5.34. The van der Waals surface area contributed by atoms with E-state index in [1.165, 1.54) is 6.21 Å². The fourth-order valence-corrected chi connectivity index (χ4v) is 0.616. The van der Waals surface area contributed by atoms with Crippen LogP contribution in [0.2, 0.25) is 0 Å². The highest BCUT2D eigenvalue weighted by Crippen LogP contribution is 1.92. The maximum Gasteiger partial charge on any atom is 0.133 e. The zero-order valence-corrected chi connectivity index (χ0v) is 5.83. The van der Waals surface area contributed by atoms with Gasteiger partial charge < -0.3 is 5.41 Å². The van der Waals surface area contributed by atoms with Crippen LogP contribution in [0, 0.1) is 12.3 Å². The van der Waals surface area contributed by atoms with E-state index in [1.54, 1.807) is 12.4 Å². The zero-order chi connectivity index (χ0) is 7.40. The third-order valence-electron chi connectivity index (χ3n) is 1.12. The number of nitrogens with one attached hydrogen (secondary N) is 1. The minimum atomic E-state index is 0.528. The van der Waals surface area contributed by atoms with Gasteiger partial charge >= 0.3 is 0 Å². The summed E-state index contributed by atoms with van der Waals surface area (Å²) >= 11 is 0. The molecule has 0 aliphatic carbocycles. The molecule has 0 saturated carbocycles. The van der Waals surface area contributed by atoms with Gasteiger partial charge in [-0.3, -0.25) is 0 Å². The highest BCUT2D eigenvalue weighted by molar-refractivity contribution is 5.55. The fourth-order valence-electron chi connectivity index (χ4n) is 0.616. The van der Waals surface area contributed by atoms with E-state index in [0.717, 1.165) is 5.56 Å².